The van der Waals surface area contributed by atoms with Crippen LogP contribution < -0.4 is 51.2 Å². The maximum Gasteiger partial charge on any atom is 1.00 e. The van der Waals surface area contributed by atoms with Gasteiger partial charge in [0.05, 0.1) is 45.5 Å². The van der Waals surface area contributed by atoms with Gasteiger partial charge in [-0.25, -0.2) is 19.2 Å². The van der Waals surface area contributed by atoms with E-state index in [1.165, 1.54) is 77.7 Å². The Balaban J connectivity index is 0.000000370. The molecule has 0 unspecified atom stereocenters. The molecule has 0 aliphatic carbocycles. The van der Waals surface area contributed by atoms with Gasteiger partial charge in [-0.1, -0.05) is 150 Å². The SMILES string of the molecule is CCC(=O)OC(C)(C)C.COC(=O)[C@H](Cc1ccc2ccccc2c1)NC(=O)[C@@H]1[C@H](N=[N+]=[N-])CCN1C(=O)[C@@H](C)N.COC(=O)[C@H](Cc1ccc2ccccc2c1)NC(=O)[C@@H]1[C@H](N=[N+]=[N-])CCN1C(=O)[C@@H](C)NC(=O)[C@H](C)N(C)C(=O)OC(C)(C)C.COC(=O)[C@H](Cc1ccc2ccccc2c1)NC(=O)[C@@H]1[C@H](N=[N+]=[N-])CCN1C(=O)[C@@H](C)NC(C)=O.[Li+].[OH-]. The second kappa shape index (κ2) is 48.2. The summed E-state index contributed by atoms with van der Waals surface area (Å²) >= 11 is 0. The summed E-state index contributed by atoms with van der Waals surface area (Å²) in [5.41, 5.74) is 34.0. The summed E-state index contributed by atoms with van der Waals surface area (Å²) in [5, 5.41) is 30.3. The van der Waals surface area contributed by atoms with Crippen molar-refractivity contribution in [3.8, 4) is 0 Å². The molecule has 6 aromatic carbocycles. The van der Waals surface area contributed by atoms with E-state index < -0.39 is 155 Å². The number of hydrogen-bond acceptors (Lipinski definition) is 23. The van der Waals surface area contributed by atoms with Gasteiger partial charge in [0.25, 0.3) is 0 Å². The Hall–Kier alpha value is -12.5. The van der Waals surface area contributed by atoms with E-state index in [-0.39, 0.29) is 87.6 Å². The molecule has 0 radical (unpaired) electrons. The van der Waals surface area contributed by atoms with E-state index in [4.69, 9.17) is 46.0 Å². The average molecular weight is 1700 g/mol. The fourth-order valence-electron chi connectivity index (χ4n) is 13.8. The first-order valence-corrected chi connectivity index (χ1v) is 39.3. The normalized spacial score (nSPS) is 17.9. The molecule has 123 heavy (non-hydrogen) atoms. The van der Waals surface area contributed by atoms with Crippen molar-refractivity contribution >= 4 is 110 Å². The zero-order valence-corrected chi connectivity index (χ0v) is 72.4. The second-order valence-corrected chi connectivity index (χ2v) is 31.2. The number of fused-ring (bicyclic) bond motifs is 3. The van der Waals surface area contributed by atoms with Gasteiger partial charge in [0, 0.05) is 74.0 Å². The number of rotatable bonds is 26. The van der Waals surface area contributed by atoms with Crippen LogP contribution in [0.2, 0.25) is 0 Å². The molecule has 8 N–H and O–H groups in total. The van der Waals surface area contributed by atoms with Gasteiger partial charge in [-0.2, -0.15) is 0 Å². The first-order valence-electron chi connectivity index (χ1n) is 39.3. The van der Waals surface area contributed by atoms with Gasteiger partial charge < -0.3 is 76.2 Å². The molecule has 9 rings (SSSR count). The minimum absolute atomic E-state index is 0. The number of benzene rings is 6. The van der Waals surface area contributed by atoms with Crippen molar-refractivity contribution in [3.05, 3.63) is 175 Å². The Labute approximate surface area is 724 Å². The molecule has 0 aromatic heterocycles. The van der Waals surface area contributed by atoms with Gasteiger partial charge in [0.15, 0.2) is 0 Å². The van der Waals surface area contributed by atoms with Crippen molar-refractivity contribution in [1.82, 2.24) is 46.2 Å². The molecule has 38 nitrogen and oxygen atoms in total. The number of carbonyl (C=O) groups is 13. The van der Waals surface area contributed by atoms with Gasteiger partial charge in [0.2, 0.25) is 47.3 Å². The third-order valence-electron chi connectivity index (χ3n) is 19.8. The number of nitrogens with one attached hydrogen (secondary N) is 5. The Kier molecular flexibility index (Phi) is 40.3. The third-order valence-corrected chi connectivity index (χ3v) is 19.8. The molecule has 0 spiro atoms. The molecule has 3 heterocycles. The van der Waals surface area contributed by atoms with Crippen molar-refractivity contribution in [2.45, 2.75) is 218 Å². The molecule has 0 bridgehead atoms. The molecule has 3 aliphatic rings. The fraction of sp³-hybridized carbons (Fsp3) is 0.488. The van der Waals surface area contributed by atoms with Crippen LogP contribution in [0, 0.1) is 0 Å². The summed E-state index contributed by atoms with van der Waals surface area (Å²) in [6.07, 6.45) is 1.02. The van der Waals surface area contributed by atoms with Crippen molar-refractivity contribution < 1.29 is 110 Å². The molecule has 9 amide bonds. The van der Waals surface area contributed by atoms with E-state index in [9.17, 15) is 62.3 Å². The average Bonchev–Trinajstić information content (AvgIpc) is 1.67. The maximum absolute atomic E-state index is 13.7. The first kappa shape index (κ1) is 103. The number of ether oxygens (including phenoxy) is 5. The van der Waals surface area contributed by atoms with Crippen LogP contribution in [0.3, 0.4) is 0 Å². The van der Waals surface area contributed by atoms with Crippen molar-refractivity contribution in [1.29, 1.82) is 0 Å². The monoisotopic (exact) mass is 1700 g/mol. The minimum Gasteiger partial charge on any atom is -0.870 e. The number of nitrogens with zero attached hydrogens (tertiary/aromatic N) is 13. The summed E-state index contributed by atoms with van der Waals surface area (Å²) in [4.78, 5) is 178. The number of likely N-dealkylation sites (tertiary alicyclic amines) is 3. The predicted octanol–water partition coefficient (Wildman–Crippen LogP) is 5.16. The van der Waals surface area contributed by atoms with Crippen molar-refractivity contribution in [2.75, 3.05) is 48.0 Å². The quantitative estimate of drug-likeness (QED) is 0.0102. The Bertz CT molecular complexity index is 4910. The molecule has 13 atom stereocenters. The van der Waals surface area contributed by atoms with Crippen LogP contribution in [0.25, 0.3) is 63.6 Å². The fourth-order valence-corrected chi connectivity index (χ4v) is 13.8. The van der Waals surface area contributed by atoms with E-state index in [2.05, 4.69) is 56.7 Å². The van der Waals surface area contributed by atoms with Crippen LogP contribution in [0.1, 0.15) is 125 Å². The Morgan fingerprint density at radius 1 is 0.480 bits per heavy atom. The second-order valence-electron chi connectivity index (χ2n) is 31.2. The van der Waals surface area contributed by atoms with Crippen molar-refractivity contribution in [2.24, 2.45) is 21.1 Å². The van der Waals surface area contributed by atoms with Gasteiger partial charge >= 0.3 is 48.8 Å². The number of nitrogens with two attached hydrogens (primary N) is 1. The minimum atomic E-state index is -1.24. The van der Waals surface area contributed by atoms with E-state index in [0.29, 0.717) is 12.8 Å². The molecule has 0 saturated carbocycles. The largest absolute Gasteiger partial charge is 1.00 e. The van der Waals surface area contributed by atoms with Gasteiger partial charge in [-0.05, 0) is 154 Å². The van der Waals surface area contributed by atoms with Crippen molar-refractivity contribution in [3.63, 3.8) is 0 Å². The topological polar surface area (TPSA) is 543 Å². The number of azide groups is 3. The molecular formula is C84H110LiN19O19. The van der Waals surface area contributed by atoms with Crippen LogP contribution in [-0.2, 0) is 100 Å². The Morgan fingerprint density at radius 2 is 0.780 bits per heavy atom. The standard InChI is InChI=1S/C31H41N7O7.C24H28N6O5.C22H26N6O4.C7H14O2.Li.H2O/c1-18(33-26(39)19(2)37(6)30(43)45-31(3,4)5)28(41)38-15-14-23(35-36-32)25(38)27(40)34-24(29(42)44-7)17-20-12-13-21-10-8-9-11-22(21)16-20;1-14(26-15(2)31)23(33)30-11-10-19(28-29-25)21(30)22(32)27-20(24(34)35-3)13-16-8-9-17-6-4-5-7-18(17)12-16;1-13(23)21(30)28-10-9-17(26-27-24)19(28)20(29)25-18(22(31)32-2)12-14-7-8-15-5-3-4-6-16(15)11-14;1-5-6(8)9-7(2,3)4;;/h8-13,16,18-19,23-25H,14-15,17H2,1-7H3,(H,33,39)(H,34,40);4-9,12,14,19-21H,10-11,13H2,1-3H3,(H,26,31)(H,27,32);3-8,11,13,17-19H,9-10,12,23H2,1-2H3,(H,25,29);5H2,1-4H3;;1H2/q;;;;+1;/p-1/t18-,19+,23-,24+,25+;14-,19-,20+,21+;13-,17-,18+,19+;;;/m111.../s1. The summed E-state index contributed by atoms with van der Waals surface area (Å²) in [5.74, 6) is -6.53. The summed E-state index contributed by atoms with van der Waals surface area (Å²) in [6, 6.07) is 27.8. The van der Waals surface area contributed by atoms with Crippen LogP contribution in [0.4, 0.5) is 4.79 Å². The maximum atomic E-state index is 13.7. The molecule has 3 fully saturated rings. The van der Waals surface area contributed by atoms with Gasteiger partial charge in [-0.15, -0.1) is 0 Å². The number of amides is 9. The predicted molar refractivity (Wildman–Crippen MR) is 450 cm³/mol. The number of carbonyl (C=O) groups excluding carboxylic acids is 13. The van der Waals surface area contributed by atoms with E-state index >= 15 is 0 Å². The number of likely N-dealkylation sites (N-methyl/N-ethyl adjacent to an activating group) is 1. The van der Waals surface area contributed by atoms with Crippen LogP contribution >= 0.6 is 0 Å². The van der Waals surface area contributed by atoms with Gasteiger partial charge in [-0.3, -0.25) is 48.1 Å². The van der Waals surface area contributed by atoms with Crippen LogP contribution in [0.5, 0.6) is 0 Å². The van der Waals surface area contributed by atoms with E-state index in [1.54, 1.807) is 27.7 Å². The molecule has 3 aliphatic heterocycles. The zero-order chi connectivity index (χ0) is 89.8. The summed E-state index contributed by atoms with van der Waals surface area (Å²) in [7, 11) is 5.09. The first-order chi connectivity index (χ1) is 57.2. The number of esters is 4. The molecule has 6 aromatic rings. The van der Waals surface area contributed by atoms with Crippen LogP contribution in [0.15, 0.2) is 143 Å². The molecule has 39 heteroatoms. The van der Waals surface area contributed by atoms with Gasteiger partial charge in [0.1, 0.15) is 65.6 Å². The summed E-state index contributed by atoms with van der Waals surface area (Å²) in [6.45, 7) is 20.2. The van der Waals surface area contributed by atoms with Crippen LogP contribution in [-0.4, -0.2) is 240 Å². The molecular weight excluding hydrogens is 1590 g/mol. The molecule has 3 saturated heterocycles. The Morgan fingerprint density at radius 3 is 1.05 bits per heavy atom. The number of hydrogen-bond donors (Lipinski definition) is 6. The smallest absolute Gasteiger partial charge is 0.870 e. The van der Waals surface area contributed by atoms with E-state index in [0.717, 1.165) is 53.9 Å². The van der Waals surface area contributed by atoms with E-state index in [1.807, 2.05) is 148 Å². The number of methoxy groups -OCH3 is 3. The molecule has 656 valence electrons. The third kappa shape index (κ3) is 29.9. The summed E-state index contributed by atoms with van der Waals surface area (Å²) < 4.78 is 25.0. The zero-order valence-electron chi connectivity index (χ0n) is 72.4.